The molecule has 0 aliphatic rings. The van der Waals surface area contributed by atoms with Crippen LogP contribution >= 0.6 is 0 Å². The number of hydrogen-bond acceptors (Lipinski definition) is 21. The molecular formula is C80H153N21O15. The van der Waals surface area contributed by atoms with Gasteiger partial charge in [0.05, 0.1) is 0 Å². The van der Waals surface area contributed by atoms with Crippen LogP contribution in [0.1, 0.15) is 270 Å². The lowest BCUT2D eigenvalue weighted by Gasteiger charge is -2.30. The van der Waals surface area contributed by atoms with Crippen LogP contribution < -0.4 is 115 Å². The molecule has 0 aromatic carbocycles. The number of hydrogen-bond donors (Lipinski definition) is 21. The predicted molar refractivity (Wildman–Crippen MR) is 448 cm³/mol. The molecule has 0 aliphatic heterocycles. The maximum Gasteiger partial charge on any atom is 0.243 e. The minimum absolute atomic E-state index is 0.0340. The number of primary amides is 1. The molecule has 36 nitrogen and oxygen atoms in total. The average molecular weight is 1650 g/mol. The first-order valence-electron chi connectivity index (χ1n) is 42.8. The maximum absolute atomic E-state index is 14.6. The summed E-state index contributed by atoms with van der Waals surface area (Å²) in [4.78, 5) is 209. The molecule has 116 heavy (non-hydrogen) atoms. The molecule has 668 valence electrons. The molecule has 0 heterocycles. The highest BCUT2D eigenvalue weighted by atomic mass is 16.2. The fourth-order valence-corrected chi connectivity index (χ4v) is 12.5. The number of unbranched alkanes of at least 4 members (excludes halogenated alkanes) is 10. The van der Waals surface area contributed by atoms with Crippen molar-refractivity contribution in [1.29, 1.82) is 0 Å². The van der Waals surface area contributed by atoms with E-state index < -0.39 is 191 Å². The zero-order valence-corrected chi connectivity index (χ0v) is 72.1. The Morgan fingerprint density at radius 2 is 0.431 bits per heavy atom. The van der Waals surface area contributed by atoms with E-state index >= 15 is 0 Å². The highest BCUT2D eigenvalue weighted by Gasteiger charge is 2.39. The highest BCUT2D eigenvalue weighted by Crippen LogP contribution is 2.18. The first kappa shape index (κ1) is 108. The minimum Gasteiger partial charge on any atom is -0.368 e. The monoisotopic (exact) mass is 1650 g/mol. The van der Waals surface area contributed by atoms with Gasteiger partial charge in [0.15, 0.2) is 0 Å². The van der Waals surface area contributed by atoms with E-state index in [0.717, 1.165) is 25.7 Å². The summed E-state index contributed by atoms with van der Waals surface area (Å²) in [6.45, 7) is 23.5. The summed E-state index contributed by atoms with van der Waals surface area (Å²) >= 11 is 0. The van der Waals surface area contributed by atoms with E-state index in [2.05, 4.69) is 81.4 Å². The molecule has 0 unspecified atom stereocenters. The van der Waals surface area contributed by atoms with Crippen molar-refractivity contribution in [1.82, 2.24) is 74.4 Å². The standard InChI is InChI=1S/C80H153N21O15/c1-14-19-20-21-22-41-62(102)92-56(35-23-29-42-81)73(109)98-64(49(7)16-3)78(114)89-53(11)68(104)93-58(37-25-31-44-83)72(108)97-61(40-28-34-47-86)76(112)101-66(51(9)18-5)80(116)91-55(13)70(106)95-59(38-26-32-45-84)74(110)100-65(50(8)17-4)79(115)90-54(12)69(105)94-57(36-24-30-43-82)71(107)96-60(39-27-33-46-85)75(111)99-63(48(6)15-2)77(113)88-52(10)67(87)103/h48-61,63-66H,14-47,81-86H2,1-13H3,(H2,87,103)(H,88,113)(H,89,114)(H,90,115)(H,91,116)(H,92,102)(H,93,104)(H,94,105)(H,95,106)(H,96,107)(H,97,108)(H,98,109)(H,99,111)(H,100,110)(H,101,112)/t48-,49-,50-,51-,52-,53-,54-,55-,56-,57-,58-,59-,60-,61-,63-,64-,65-,66-/m0/s1. The molecule has 36 heteroatoms. The zero-order chi connectivity index (χ0) is 88.0. The first-order chi connectivity index (χ1) is 55.1. The van der Waals surface area contributed by atoms with Crippen molar-refractivity contribution in [3.05, 3.63) is 0 Å². The van der Waals surface area contributed by atoms with E-state index in [1.165, 1.54) is 27.7 Å². The Hall–Kier alpha value is -8.19. The van der Waals surface area contributed by atoms with E-state index in [-0.39, 0.29) is 83.6 Å². The van der Waals surface area contributed by atoms with Gasteiger partial charge in [-0.05, 0) is 213 Å². The second-order valence-electron chi connectivity index (χ2n) is 31.1. The molecule has 28 N–H and O–H groups in total. The fraction of sp³-hybridized carbons (Fsp3) is 0.812. The van der Waals surface area contributed by atoms with Gasteiger partial charge in [-0.15, -0.1) is 0 Å². The van der Waals surface area contributed by atoms with Gasteiger partial charge in [-0.25, -0.2) is 0 Å². The second-order valence-corrected chi connectivity index (χ2v) is 31.1. The molecule has 0 fully saturated rings. The van der Waals surface area contributed by atoms with E-state index in [0.29, 0.717) is 116 Å². The highest BCUT2D eigenvalue weighted by molar-refractivity contribution is 6.00. The molecule has 0 rings (SSSR count). The van der Waals surface area contributed by atoms with Crippen LogP contribution in [0.5, 0.6) is 0 Å². The van der Waals surface area contributed by atoms with Gasteiger partial charge in [0, 0.05) is 6.42 Å². The van der Waals surface area contributed by atoms with Gasteiger partial charge < -0.3 is 115 Å². The third kappa shape index (κ3) is 42.8. The molecule has 0 bridgehead atoms. The van der Waals surface area contributed by atoms with Crippen molar-refractivity contribution >= 4 is 88.6 Å². The fourth-order valence-electron chi connectivity index (χ4n) is 12.5. The summed E-state index contributed by atoms with van der Waals surface area (Å²) in [5, 5.41) is 38.1. The van der Waals surface area contributed by atoms with Crippen LogP contribution in [-0.2, 0) is 71.9 Å². The van der Waals surface area contributed by atoms with Crippen LogP contribution in [0.4, 0.5) is 0 Å². The Morgan fingerprint density at radius 3 is 0.647 bits per heavy atom. The van der Waals surface area contributed by atoms with Gasteiger partial charge in [-0.3, -0.25) is 71.9 Å². The van der Waals surface area contributed by atoms with E-state index in [1.54, 1.807) is 41.5 Å². The molecular weight excluding hydrogens is 1500 g/mol. The van der Waals surface area contributed by atoms with Crippen molar-refractivity contribution in [3.8, 4) is 0 Å². The van der Waals surface area contributed by atoms with Gasteiger partial charge in [0.1, 0.15) is 84.6 Å². The topological polar surface area (TPSA) is 607 Å². The van der Waals surface area contributed by atoms with Crippen molar-refractivity contribution in [2.75, 3.05) is 39.3 Å². The van der Waals surface area contributed by atoms with Gasteiger partial charge >= 0.3 is 0 Å². The Kier molecular flexibility index (Phi) is 57.7. The second kappa shape index (κ2) is 62.1. The number of carbonyl (C=O) groups is 15. The van der Waals surface area contributed by atoms with Crippen molar-refractivity contribution in [3.63, 3.8) is 0 Å². The maximum atomic E-state index is 14.6. The normalized spacial score (nSPS) is 16.0. The van der Waals surface area contributed by atoms with E-state index in [1.807, 2.05) is 13.8 Å². The lowest BCUT2D eigenvalue weighted by Crippen LogP contribution is -2.61. The predicted octanol–water partition coefficient (Wildman–Crippen LogP) is -0.343. The molecule has 0 aliphatic carbocycles. The van der Waals surface area contributed by atoms with Gasteiger partial charge in [0.25, 0.3) is 0 Å². The minimum atomic E-state index is -1.34. The Balaban J connectivity index is 6.82. The number of nitrogens with one attached hydrogen (secondary N) is 14. The van der Waals surface area contributed by atoms with Crippen LogP contribution in [0.15, 0.2) is 0 Å². The zero-order valence-electron chi connectivity index (χ0n) is 72.1. The van der Waals surface area contributed by atoms with Crippen molar-refractivity contribution in [2.45, 2.75) is 354 Å². The third-order valence-corrected chi connectivity index (χ3v) is 21.2. The van der Waals surface area contributed by atoms with Crippen molar-refractivity contribution < 1.29 is 71.9 Å². The molecule has 0 aromatic rings. The number of amides is 15. The molecule has 18 atom stereocenters. The van der Waals surface area contributed by atoms with Crippen LogP contribution in [0.3, 0.4) is 0 Å². The van der Waals surface area contributed by atoms with Gasteiger partial charge in [-0.2, -0.15) is 0 Å². The van der Waals surface area contributed by atoms with Crippen LogP contribution in [0, 0.1) is 23.7 Å². The quantitative estimate of drug-likeness (QED) is 0.0346. The SMILES string of the molecule is CCCCCCCC(=O)N[C@@H](CCCCN)C(=O)N[C@H](C(=O)N[C@@H](C)C(=O)N[C@@H](CCCCN)C(=O)N[C@@H](CCCCN)C(=O)N[C@H](C(=O)N[C@@H](C)C(=O)N[C@@H](CCCCN)C(=O)N[C@H](C(=O)N[C@@H](C)C(=O)N[C@@H](CCCCN)C(=O)N[C@@H](CCCCN)C(=O)N[C@H](C(=O)N[C@@H](C)C(N)=O)[C@@H](C)CC)[C@@H](C)CC)[C@@H](C)CC)[C@@H](C)CC. The van der Waals surface area contributed by atoms with Crippen LogP contribution in [0.2, 0.25) is 0 Å². The largest absolute Gasteiger partial charge is 0.368 e. The van der Waals surface area contributed by atoms with Gasteiger partial charge in [0.2, 0.25) is 88.6 Å². The third-order valence-electron chi connectivity index (χ3n) is 21.2. The van der Waals surface area contributed by atoms with Crippen LogP contribution in [0.25, 0.3) is 0 Å². The lowest BCUT2D eigenvalue weighted by atomic mass is 9.96. The summed E-state index contributed by atoms with van der Waals surface area (Å²) in [6, 6.07) is -17.0. The summed E-state index contributed by atoms with van der Waals surface area (Å²) in [5.41, 5.74) is 40.3. The smallest absolute Gasteiger partial charge is 0.243 e. The Bertz CT molecular complexity index is 2990. The lowest BCUT2D eigenvalue weighted by molar-refractivity contribution is -0.137. The average Bonchev–Trinajstić information content (AvgIpc) is 0.835. The van der Waals surface area contributed by atoms with E-state index in [4.69, 9.17) is 40.1 Å². The molecule has 0 radical (unpaired) electrons. The molecule has 15 amide bonds. The first-order valence-corrected chi connectivity index (χ1v) is 42.8. The Labute approximate surface area is 689 Å². The van der Waals surface area contributed by atoms with Crippen molar-refractivity contribution in [2.24, 2.45) is 63.8 Å². The van der Waals surface area contributed by atoms with Crippen LogP contribution in [-0.4, -0.2) is 212 Å². The summed E-state index contributed by atoms with van der Waals surface area (Å²) in [5.74, 6) is -12.6. The summed E-state index contributed by atoms with van der Waals surface area (Å²) < 4.78 is 0. The van der Waals surface area contributed by atoms with E-state index in [9.17, 15) is 71.9 Å². The number of nitrogens with two attached hydrogens (primary N) is 7. The van der Waals surface area contributed by atoms with Gasteiger partial charge in [-0.1, -0.05) is 114 Å². The molecule has 0 saturated carbocycles. The summed E-state index contributed by atoms with van der Waals surface area (Å²) in [6.07, 6.45) is 12.4. The number of rotatable bonds is 66. The Morgan fingerprint density at radius 1 is 0.224 bits per heavy atom. The molecule has 0 spiro atoms. The summed E-state index contributed by atoms with van der Waals surface area (Å²) in [7, 11) is 0. The number of carbonyl (C=O) groups excluding carboxylic acids is 15. The molecule has 0 saturated heterocycles. The molecule has 0 aromatic heterocycles.